The summed E-state index contributed by atoms with van der Waals surface area (Å²) in [6.07, 6.45) is 0.511. The van der Waals surface area contributed by atoms with E-state index < -0.39 is 11.2 Å². The van der Waals surface area contributed by atoms with Crippen LogP contribution in [0.4, 0.5) is 5.95 Å². The van der Waals surface area contributed by atoms with Crippen LogP contribution >= 0.6 is 23.2 Å². The Hall–Kier alpha value is -2.33. The molecule has 9 nitrogen and oxygen atoms in total. The number of aromatic nitrogens is 4. The lowest BCUT2D eigenvalue weighted by Crippen LogP contribution is -2.40. The molecule has 2 aromatic heterocycles. The Morgan fingerprint density at radius 1 is 1.21 bits per heavy atom. The predicted molar refractivity (Wildman–Crippen MR) is 112 cm³/mol. The number of anilines is 1. The topological polar surface area (TPSA) is 103 Å². The Kier molecular flexibility index (Phi) is 6.63. The Bertz CT molecular complexity index is 1150. The number of ether oxygens (including phenoxy) is 1. The first-order chi connectivity index (χ1) is 13.9. The molecule has 0 aliphatic carbocycles. The fourth-order valence-corrected chi connectivity index (χ4v) is 3.32. The average molecular weight is 442 g/mol. The van der Waals surface area contributed by atoms with Gasteiger partial charge in [0.2, 0.25) is 5.95 Å². The van der Waals surface area contributed by atoms with Crippen LogP contribution in [0.1, 0.15) is 12.0 Å². The van der Waals surface area contributed by atoms with Crippen molar-refractivity contribution in [1.82, 2.24) is 18.7 Å². The first kappa shape index (κ1) is 21.4. The van der Waals surface area contributed by atoms with Gasteiger partial charge in [-0.2, -0.15) is 4.98 Å². The van der Waals surface area contributed by atoms with Crippen molar-refractivity contribution >= 4 is 40.3 Å². The molecule has 0 aliphatic rings. The quantitative estimate of drug-likeness (QED) is 0.515. The van der Waals surface area contributed by atoms with E-state index in [1.165, 1.54) is 11.7 Å². The average Bonchev–Trinajstić information content (AvgIpc) is 3.05. The van der Waals surface area contributed by atoms with Crippen molar-refractivity contribution in [3.8, 4) is 0 Å². The summed E-state index contributed by atoms with van der Waals surface area (Å²) in [5.74, 6) is 0.384. The van der Waals surface area contributed by atoms with Gasteiger partial charge >= 0.3 is 5.69 Å². The van der Waals surface area contributed by atoms with E-state index in [-0.39, 0.29) is 31.0 Å². The van der Waals surface area contributed by atoms with Crippen LogP contribution in [0.25, 0.3) is 11.2 Å². The van der Waals surface area contributed by atoms with Crippen molar-refractivity contribution in [1.29, 1.82) is 0 Å². The van der Waals surface area contributed by atoms with E-state index in [2.05, 4.69) is 10.3 Å². The number of hydrogen-bond acceptors (Lipinski definition) is 6. The third-order valence-electron chi connectivity index (χ3n) is 4.43. The van der Waals surface area contributed by atoms with Crippen molar-refractivity contribution < 1.29 is 9.84 Å². The van der Waals surface area contributed by atoms with E-state index in [0.29, 0.717) is 34.5 Å². The Labute approximate surface area is 176 Å². The molecule has 29 heavy (non-hydrogen) atoms. The molecule has 0 bridgehead atoms. The van der Waals surface area contributed by atoms with E-state index in [4.69, 9.17) is 33.0 Å². The Balaban J connectivity index is 2.16. The standard InChI is InChI=1S/C18H21Cl2N5O4/c1-23-15-14(25(10-29-2)17(22-15)21-6-3-7-26)16(27)24(18(23)28)9-11-4-5-12(19)13(20)8-11/h4-5,8,26H,3,6-7,9-10H2,1-2H3,(H,21,22). The largest absolute Gasteiger partial charge is 0.396 e. The number of halogens is 2. The summed E-state index contributed by atoms with van der Waals surface area (Å²) in [6, 6.07) is 4.94. The van der Waals surface area contributed by atoms with Crippen LogP contribution < -0.4 is 16.6 Å². The predicted octanol–water partition coefficient (Wildman–Crippen LogP) is 1.65. The fraction of sp³-hybridized carbons (Fsp3) is 0.389. The van der Waals surface area contributed by atoms with Gasteiger partial charge in [0, 0.05) is 27.3 Å². The third-order valence-corrected chi connectivity index (χ3v) is 5.17. The van der Waals surface area contributed by atoms with Gasteiger partial charge in [0.05, 0.1) is 16.6 Å². The molecule has 0 atom stereocenters. The molecule has 0 saturated carbocycles. The van der Waals surface area contributed by atoms with Gasteiger partial charge in [-0.25, -0.2) is 4.79 Å². The SMILES string of the molecule is COCn1c(NCCCO)nc2c1c(=O)n(Cc1ccc(Cl)c(Cl)c1)c(=O)n2C. The minimum atomic E-state index is -0.502. The van der Waals surface area contributed by atoms with Crippen LogP contribution in [-0.2, 0) is 25.1 Å². The number of methoxy groups -OCH3 is 1. The van der Waals surface area contributed by atoms with Gasteiger partial charge in [0.1, 0.15) is 6.73 Å². The van der Waals surface area contributed by atoms with Crippen molar-refractivity contribution in [2.45, 2.75) is 19.7 Å². The molecule has 2 N–H and O–H groups in total. The molecule has 0 aliphatic heterocycles. The smallest absolute Gasteiger partial charge is 0.332 e. The highest BCUT2D eigenvalue weighted by atomic mass is 35.5. The highest BCUT2D eigenvalue weighted by molar-refractivity contribution is 6.42. The second-order valence-corrected chi connectivity index (χ2v) is 7.25. The number of imidazole rings is 1. The van der Waals surface area contributed by atoms with Gasteiger partial charge in [0.15, 0.2) is 11.2 Å². The van der Waals surface area contributed by atoms with Crippen LogP contribution in [0, 0.1) is 0 Å². The van der Waals surface area contributed by atoms with Gasteiger partial charge in [-0.05, 0) is 24.1 Å². The number of aliphatic hydroxyl groups excluding tert-OH is 1. The maximum absolute atomic E-state index is 13.2. The van der Waals surface area contributed by atoms with E-state index in [1.807, 2.05) is 0 Å². The minimum absolute atomic E-state index is 0.0203. The van der Waals surface area contributed by atoms with E-state index in [9.17, 15) is 9.59 Å². The monoisotopic (exact) mass is 441 g/mol. The molecule has 3 rings (SSSR count). The molecule has 0 fully saturated rings. The molecular formula is C18H21Cl2N5O4. The summed E-state index contributed by atoms with van der Waals surface area (Å²) >= 11 is 12.0. The van der Waals surface area contributed by atoms with Gasteiger partial charge < -0.3 is 15.2 Å². The first-order valence-electron chi connectivity index (χ1n) is 8.86. The normalized spacial score (nSPS) is 11.3. The molecule has 0 spiro atoms. The summed E-state index contributed by atoms with van der Waals surface area (Å²) in [7, 11) is 3.05. The van der Waals surface area contributed by atoms with Crippen LogP contribution in [0.5, 0.6) is 0 Å². The second-order valence-electron chi connectivity index (χ2n) is 6.44. The lowest BCUT2D eigenvalue weighted by atomic mass is 10.2. The van der Waals surface area contributed by atoms with Crippen molar-refractivity contribution in [3.05, 3.63) is 54.6 Å². The number of aryl methyl sites for hydroxylation is 1. The number of benzene rings is 1. The summed E-state index contributed by atoms with van der Waals surface area (Å²) < 4.78 is 9.22. The highest BCUT2D eigenvalue weighted by Gasteiger charge is 2.20. The van der Waals surface area contributed by atoms with Gasteiger partial charge in [-0.3, -0.25) is 18.5 Å². The van der Waals surface area contributed by atoms with Crippen molar-refractivity contribution in [2.75, 3.05) is 25.6 Å². The van der Waals surface area contributed by atoms with Crippen LogP contribution in [0.15, 0.2) is 27.8 Å². The first-order valence-corrected chi connectivity index (χ1v) is 9.62. The second kappa shape index (κ2) is 9.00. The lowest BCUT2D eigenvalue weighted by Gasteiger charge is -2.11. The zero-order valence-corrected chi connectivity index (χ0v) is 17.5. The van der Waals surface area contributed by atoms with Crippen LogP contribution in [-0.4, -0.2) is 44.1 Å². The van der Waals surface area contributed by atoms with Crippen LogP contribution in [0.2, 0.25) is 10.0 Å². The molecular weight excluding hydrogens is 421 g/mol. The zero-order chi connectivity index (χ0) is 21.1. The molecule has 0 amide bonds. The summed E-state index contributed by atoms with van der Waals surface area (Å²) in [6.45, 7) is 0.573. The summed E-state index contributed by atoms with van der Waals surface area (Å²) in [5.41, 5.74) is 0.151. The molecule has 2 heterocycles. The summed E-state index contributed by atoms with van der Waals surface area (Å²) in [5, 5.41) is 12.8. The highest BCUT2D eigenvalue weighted by Crippen LogP contribution is 2.23. The number of aliphatic hydroxyl groups is 1. The van der Waals surface area contributed by atoms with Gasteiger partial charge in [-0.15, -0.1) is 0 Å². The number of nitrogens with one attached hydrogen (secondary N) is 1. The maximum atomic E-state index is 13.2. The molecule has 0 radical (unpaired) electrons. The number of nitrogens with zero attached hydrogens (tertiary/aromatic N) is 4. The van der Waals surface area contributed by atoms with E-state index in [1.54, 1.807) is 29.8 Å². The minimum Gasteiger partial charge on any atom is -0.396 e. The zero-order valence-electron chi connectivity index (χ0n) is 16.0. The van der Waals surface area contributed by atoms with Gasteiger partial charge in [0.25, 0.3) is 5.56 Å². The maximum Gasteiger partial charge on any atom is 0.332 e. The molecule has 0 saturated heterocycles. The Morgan fingerprint density at radius 2 is 1.97 bits per heavy atom. The van der Waals surface area contributed by atoms with Crippen LogP contribution in [0.3, 0.4) is 0 Å². The number of rotatable bonds is 8. The third kappa shape index (κ3) is 4.18. The Morgan fingerprint density at radius 3 is 2.62 bits per heavy atom. The number of hydrogen-bond donors (Lipinski definition) is 2. The van der Waals surface area contributed by atoms with Gasteiger partial charge in [-0.1, -0.05) is 29.3 Å². The molecule has 156 valence electrons. The fourth-order valence-electron chi connectivity index (χ4n) is 3.00. The molecule has 1 aromatic carbocycles. The lowest BCUT2D eigenvalue weighted by molar-refractivity contribution is 0.135. The molecule has 3 aromatic rings. The molecule has 0 unspecified atom stereocenters. The van der Waals surface area contributed by atoms with E-state index in [0.717, 1.165) is 4.57 Å². The number of fused-ring (bicyclic) bond motifs is 1. The van der Waals surface area contributed by atoms with Crippen molar-refractivity contribution in [2.24, 2.45) is 7.05 Å². The molecule has 11 heteroatoms. The van der Waals surface area contributed by atoms with E-state index >= 15 is 0 Å². The summed E-state index contributed by atoms with van der Waals surface area (Å²) in [4.78, 5) is 30.4. The van der Waals surface area contributed by atoms with Crippen molar-refractivity contribution in [3.63, 3.8) is 0 Å².